The Kier molecular flexibility index (Phi) is 3.89. The molecule has 0 aliphatic rings. The van der Waals surface area contributed by atoms with Crippen molar-refractivity contribution >= 4 is 44.9 Å². The molecule has 1 nitrogen and oxygen atoms in total. The van der Waals surface area contributed by atoms with Crippen molar-refractivity contribution in [3.63, 3.8) is 0 Å². The Morgan fingerprint density at radius 1 is 1.47 bits per heavy atom. The average molecular weight is 258 g/mol. The summed E-state index contributed by atoms with van der Waals surface area (Å²) in [6, 6.07) is 8.19. The Bertz CT molecular complexity index is 408. The first-order chi connectivity index (χ1) is 7.29. The van der Waals surface area contributed by atoms with Crippen LogP contribution in [0, 0.1) is 0 Å². The third-order valence-corrected chi connectivity index (χ3v) is 4.66. The number of benzene rings is 1. The summed E-state index contributed by atoms with van der Waals surface area (Å²) in [6.07, 6.45) is 2.15. The van der Waals surface area contributed by atoms with Crippen LogP contribution in [0.2, 0.25) is 0 Å². The quantitative estimate of drug-likeness (QED) is 0.579. The SMILES string of the molecule is CCCC(Cl)Sc1nc2ccccc2s1. The smallest absolute Gasteiger partial charge is 0.152 e. The summed E-state index contributed by atoms with van der Waals surface area (Å²) in [4.78, 5) is 4.53. The Balaban J connectivity index is 2.15. The van der Waals surface area contributed by atoms with Gasteiger partial charge in [-0.25, -0.2) is 4.98 Å². The molecule has 1 heterocycles. The predicted molar refractivity (Wildman–Crippen MR) is 70.0 cm³/mol. The Morgan fingerprint density at radius 2 is 2.27 bits per heavy atom. The highest BCUT2D eigenvalue weighted by atomic mass is 35.5. The number of thioether (sulfide) groups is 1. The monoisotopic (exact) mass is 257 g/mol. The Morgan fingerprint density at radius 3 is 3.00 bits per heavy atom. The Hall–Kier alpha value is -0.250. The lowest BCUT2D eigenvalue weighted by Gasteiger charge is -2.03. The van der Waals surface area contributed by atoms with Gasteiger partial charge in [-0.05, 0) is 18.6 Å². The van der Waals surface area contributed by atoms with E-state index in [1.54, 1.807) is 23.1 Å². The molecule has 0 amide bonds. The van der Waals surface area contributed by atoms with Crippen LogP contribution < -0.4 is 0 Å². The van der Waals surface area contributed by atoms with Crippen LogP contribution in [0.4, 0.5) is 0 Å². The van der Waals surface area contributed by atoms with Gasteiger partial charge in [0.2, 0.25) is 0 Å². The second kappa shape index (κ2) is 5.19. The topological polar surface area (TPSA) is 12.9 Å². The second-order valence-corrected chi connectivity index (χ2v) is 6.53. The molecule has 1 atom stereocenters. The van der Waals surface area contributed by atoms with Gasteiger partial charge < -0.3 is 0 Å². The van der Waals surface area contributed by atoms with E-state index >= 15 is 0 Å². The van der Waals surface area contributed by atoms with Gasteiger partial charge in [0.1, 0.15) is 0 Å². The summed E-state index contributed by atoms with van der Waals surface area (Å²) in [7, 11) is 0. The molecule has 0 fully saturated rings. The first kappa shape index (κ1) is 11.2. The fourth-order valence-electron chi connectivity index (χ4n) is 1.30. The third-order valence-electron chi connectivity index (χ3n) is 2.02. The van der Waals surface area contributed by atoms with E-state index in [1.165, 1.54) is 4.70 Å². The van der Waals surface area contributed by atoms with E-state index in [9.17, 15) is 0 Å². The number of hydrogen-bond acceptors (Lipinski definition) is 3. The number of rotatable bonds is 4. The van der Waals surface area contributed by atoms with Gasteiger partial charge in [-0.1, -0.05) is 37.2 Å². The molecule has 0 spiro atoms. The van der Waals surface area contributed by atoms with E-state index in [4.69, 9.17) is 11.6 Å². The highest BCUT2D eigenvalue weighted by Gasteiger charge is 2.09. The average Bonchev–Trinajstić information content (AvgIpc) is 2.59. The third kappa shape index (κ3) is 2.86. The van der Waals surface area contributed by atoms with Gasteiger partial charge in [-0.2, -0.15) is 0 Å². The fourth-order valence-corrected chi connectivity index (χ4v) is 4.16. The molecule has 0 saturated carbocycles. The van der Waals surface area contributed by atoms with E-state index in [0.717, 1.165) is 22.7 Å². The molecule has 15 heavy (non-hydrogen) atoms. The number of para-hydroxylation sites is 1. The minimum atomic E-state index is 0.149. The van der Waals surface area contributed by atoms with Gasteiger partial charge in [0, 0.05) is 0 Å². The van der Waals surface area contributed by atoms with Crippen LogP contribution in [0.5, 0.6) is 0 Å². The van der Waals surface area contributed by atoms with Crippen LogP contribution in [0.15, 0.2) is 28.6 Å². The molecule has 0 N–H and O–H groups in total. The molecule has 1 aromatic heterocycles. The van der Waals surface area contributed by atoms with Crippen LogP contribution >= 0.6 is 34.7 Å². The van der Waals surface area contributed by atoms with Gasteiger partial charge in [-0.15, -0.1) is 22.9 Å². The van der Waals surface area contributed by atoms with Crippen LogP contribution in [0.3, 0.4) is 0 Å². The number of nitrogens with zero attached hydrogens (tertiary/aromatic N) is 1. The van der Waals surface area contributed by atoms with Gasteiger partial charge >= 0.3 is 0 Å². The molecule has 1 unspecified atom stereocenters. The van der Waals surface area contributed by atoms with Crippen LogP contribution in [-0.2, 0) is 0 Å². The van der Waals surface area contributed by atoms with E-state index < -0.39 is 0 Å². The van der Waals surface area contributed by atoms with Crippen molar-refractivity contribution in [1.82, 2.24) is 4.98 Å². The molecule has 0 radical (unpaired) electrons. The predicted octanol–water partition coefficient (Wildman–Crippen LogP) is 4.75. The normalized spacial score (nSPS) is 13.2. The summed E-state index contributed by atoms with van der Waals surface area (Å²) >= 11 is 9.56. The lowest BCUT2D eigenvalue weighted by atomic mass is 10.3. The standard InChI is InChI=1S/C11H12ClNS2/c1-2-5-10(12)15-11-13-8-6-3-4-7-9(8)14-11/h3-4,6-7,10H,2,5H2,1H3. The molecule has 2 rings (SSSR count). The van der Waals surface area contributed by atoms with Crippen molar-refractivity contribution in [3.05, 3.63) is 24.3 Å². The number of alkyl halides is 1. The van der Waals surface area contributed by atoms with Crippen molar-refractivity contribution < 1.29 is 0 Å². The minimum Gasteiger partial charge on any atom is -0.230 e. The maximum Gasteiger partial charge on any atom is 0.152 e. The second-order valence-electron chi connectivity index (χ2n) is 3.26. The van der Waals surface area contributed by atoms with Gasteiger partial charge in [-0.3, -0.25) is 0 Å². The number of aromatic nitrogens is 1. The number of hydrogen-bond donors (Lipinski definition) is 0. The lowest BCUT2D eigenvalue weighted by molar-refractivity contribution is 0.864. The maximum absolute atomic E-state index is 6.17. The van der Waals surface area contributed by atoms with Crippen LogP contribution in [0.25, 0.3) is 10.2 Å². The number of fused-ring (bicyclic) bond motifs is 1. The van der Waals surface area contributed by atoms with Gasteiger partial charge in [0.25, 0.3) is 0 Å². The number of thiazole rings is 1. The lowest BCUT2D eigenvalue weighted by Crippen LogP contribution is -1.89. The molecular formula is C11H12ClNS2. The zero-order chi connectivity index (χ0) is 10.7. The van der Waals surface area contributed by atoms with Crippen molar-refractivity contribution in [2.45, 2.75) is 28.8 Å². The molecule has 0 saturated heterocycles. The summed E-state index contributed by atoms with van der Waals surface area (Å²) in [5.74, 6) is 0. The highest BCUT2D eigenvalue weighted by Crippen LogP contribution is 2.34. The zero-order valence-corrected chi connectivity index (χ0v) is 10.8. The summed E-state index contributed by atoms with van der Waals surface area (Å²) in [6.45, 7) is 2.15. The summed E-state index contributed by atoms with van der Waals surface area (Å²) in [5.41, 5.74) is 1.07. The molecule has 1 aromatic carbocycles. The van der Waals surface area contributed by atoms with Crippen LogP contribution in [-0.4, -0.2) is 9.69 Å². The molecule has 0 bridgehead atoms. The summed E-state index contributed by atoms with van der Waals surface area (Å²) < 4.78 is 2.46. The highest BCUT2D eigenvalue weighted by molar-refractivity contribution is 8.02. The summed E-state index contributed by atoms with van der Waals surface area (Å²) in [5, 5.41) is 0. The maximum atomic E-state index is 6.17. The molecule has 0 aliphatic carbocycles. The first-order valence-corrected chi connectivity index (χ1v) is 7.09. The number of halogens is 1. The van der Waals surface area contributed by atoms with Crippen molar-refractivity contribution in [2.75, 3.05) is 0 Å². The molecule has 2 aromatic rings. The fraction of sp³-hybridized carbons (Fsp3) is 0.364. The Labute approximate surface area is 103 Å². The first-order valence-electron chi connectivity index (χ1n) is 4.96. The van der Waals surface area contributed by atoms with Crippen molar-refractivity contribution in [3.8, 4) is 0 Å². The zero-order valence-electron chi connectivity index (χ0n) is 8.44. The molecule has 80 valence electrons. The molecular weight excluding hydrogens is 246 g/mol. The largest absolute Gasteiger partial charge is 0.230 e. The van der Waals surface area contributed by atoms with Gasteiger partial charge in [0.05, 0.1) is 14.9 Å². The van der Waals surface area contributed by atoms with E-state index in [1.807, 2.05) is 18.2 Å². The van der Waals surface area contributed by atoms with Crippen LogP contribution in [0.1, 0.15) is 19.8 Å². The van der Waals surface area contributed by atoms with E-state index in [-0.39, 0.29) is 4.71 Å². The van der Waals surface area contributed by atoms with Crippen molar-refractivity contribution in [1.29, 1.82) is 0 Å². The molecule has 4 heteroatoms. The van der Waals surface area contributed by atoms with Crippen molar-refractivity contribution in [2.24, 2.45) is 0 Å². The minimum absolute atomic E-state index is 0.149. The van der Waals surface area contributed by atoms with E-state index in [2.05, 4.69) is 18.0 Å². The van der Waals surface area contributed by atoms with E-state index in [0.29, 0.717) is 0 Å². The molecule has 0 aliphatic heterocycles. The van der Waals surface area contributed by atoms with Gasteiger partial charge in [0.15, 0.2) is 4.34 Å².